The predicted octanol–water partition coefficient (Wildman–Crippen LogP) is 4.63. The van der Waals surface area contributed by atoms with Gasteiger partial charge in [-0.25, -0.2) is 0 Å². The summed E-state index contributed by atoms with van der Waals surface area (Å²) in [6.45, 7) is 0.747. The summed E-state index contributed by atoms with van der Waals surface area (Å²) in [4.78, 5) is 13.7. The smallest absolute Gasteiger partial charge is 0.320 e. The van der Waals surface area contributed by atoms with Gasteiger partial charge in [0, 0.05) is 16.6 Å². The molecule has 0 aliphatic carbocycles. The lowest BCUT2D eigenvalue weighted by molar-refractivity contribution is -0.142. The van der Waals surface area contributed by atoms with Gasteiger partial charge in [0.05, 0.1) is 6.04 Å². The van der Waals surface area contributed by atoms with E-state index >= 15 is 0 Å². The molecule has 2 unspecified atom stereocenters. The Morgan fingerprint density at radius 1 is 1.09 bits per heavy atom. The lowest BCUT2D eigenvalue weighted by Crippen LogP contribution is -2.39. The summed E-state index contributed by atoms with van der Waals surface area (Å²) in [5.74, 6) is -0.775. The second-order valence-corrected chi connectivity index (χ2v) is 6.62. The maximum Gasteiger partial charge on any atom is 0.320 e. The lowest BCUT2D eigenvalue weighted by atomic mass is 9.96. The van der Waals surface area contributed by atoms with Gasteiger partial charge in [-0.2, -0.15) is 0 Å². The predicted molar refractivity (Wildman–Crippen MR) is 92.1 cm³/mol. The molecule has 0 bridgehead atoms. The second kappa shape index (κ2) is 6.91. The first-order valence-corrected chi connectivity index (χ1v) is 8.31. The first-order valence-electron chi connectivity index (χ1n) is 7.56. The van der Waals surface area contributed by atoms with Crippen molar-refractivity contribution in [2.45, 2.75) is 24.9 Å². The second-order valence-electron chi connectivity index (χ2n) is 5.74. The van der Waals surface area contributed by atoms with Crippen molar-refractivity contribution < 1.29 is 9.90 Å². The van der Waals surface area contributed by atoms with E-state index in [1.807, 2.05) is 53.4 Å². The topological polar surface area (TPSA) is 40.5 Å². The van der Waals surface area contributed by atoms with Gasteiger partial charge in [0.1, 0.15) is 6.04 Å². The van der Waals surface area contributed by atoms with Crippen LogP contribution in [0.1, 0.15) is 30.0 Å². The molecule has 1 aliphatic rings. The Morgan fingerprint density at radius 2 is 1.83 bits per heavy atom. The number of nitrogens with zero attached hydrogens (tertiary/aromatic N) is 1. The Bertz CT molecular complexity index is 702. The van der Waals surface area contributed by atoms with E-state index in [2.05, 4.69) is 0 Å². The molecule has 23 heavy (non-hydrogen) atoms. The fourth-order valence-electron chi connectivity index (χ4n) is 3.26. The van der Waals surface area contributed by atoms with Crippen molar-refractivity contribution in [3.05, 3.63) is 69.7 Å². The third-order valence-electron chi connectivity index (χ3n) is 4.26. The van der Waals surface area contributed by atoms with Crippen LogP contribution in [0.25, 0.3) is 0 Å². The third kappa shape index (κ3) is 3.52. The minimum absolute atomic E-state index is 0.144. The number of hydrogen-bond acceptors (Lipinski definition) is 2. The van der Waals surface area contributed by atoms with Gasteiger partial charge in [0.15, 0.2) is 0 Å². The summed E-state index contributed by atoms with van der Waals surface area (Å²) in [7, 11) is 0. The number of carboxylic acids is 1. The zero-order valence-corrected chi connectivity index (χ0v) is 14.0. The fourth-order valence-corrected chi connectivity index (χ4v) is 3.59. The van der Waals surface area contributed by atoms with Gasteiger partial charge in [0.2, 0.25) is 0 Å². The number of hydrogen-bond donors (Lipinski definition) is 1. The Balaban J connectivity index is 2.06. The highest BCUT2D eigenvalue weighted by Crippen LogP contribution is 2.36. The number of rotatable bonds is 4. The highest BCUT2D eigenvalue weighted by molar-refractivity contribution is 6.30. The Kier molecular flexibility index (Phi) is 4.90. The zero-order chi connectivity index (χ0) is 16.4. The van der Waals surface area contributed by atoms with Crippen molar-refractivity contribution >= 4 is 29.2 Å². The minimum atomic E-state index is -0.775. The van der Waals surface area contributed by atoms with Crippen molar-refractivity contribution in [3.8, 4) is 0 Å². The number of benzene rings is 2. The SMILES string of the molecule is O=C(O)C1CCCN1C(c1ccc(Cl)cc1)c1cccc(Cl)c1. The van der Waals surface area contributed by atoms with E-state index in [1.165, 1.54) is 0 Å². The molecule has 0 radical (unpaired) electrons. The first kappa shape index (κ1) is 16.3. The molecule has 1 N–H and O–H groups in total. The van der Waals surface area contributed by atoms with Crippen LogP contribution in [0.2, 0.25) is 10.0 Å². The summed E-state index contributed by atoms with van der Waals surface area (Å²) in [5.41, 5.74) is 2.01. The van der Waals surface area contributed by atoms with Crippen LogP contribution in [0, 0.1) is 0 Å². The number of likely N-dealkylation sites (tertiary alicyclic amines) is 1. The molecule has 1 fully saturated rings. The maximum absolute atomic E-state index is 11.6. The summed E-state index contributed by atoms with van der Waals surface area (Å²) in [6, 6.07) is 14.6. The van der Waals surface area contributed by atoms with Crippen molar-refractivity contribution in [1.82, 2.24) is 4.90 Å². The highest BCUT2D eigenvalue weighted by atomic mass is 35.5. The Morgan fingerprint density at radius 3 is 2.48 bits per heavy atom. The van der Waals surface area contributed by atoms with Gasteiger partial charge in [-0.15, -0.1) is 0 Å². The van der Waals surface area contributed by atoms with Gasteiger partial charge in [-0.1, -0.05) is 47.5 Å². The molecule has 5 heteroatoms. The van der Waals surface area contributed by atoms with Crippen LogP contribution in [0.5, 0.6) is 0 Å². The molecular formula is C18H17Cl2NO2. The van der Waals surface area contributed by atoms with E-state index in [0.29, 0.717) is 16.5 Å². The average Bonchev–Trinajstić information content (AvgIpc) is 2.99. The molecule has 0 saturated carbocycles. The van der Waals surface area contributed by atoms with Gasteiger partial charge >= 0.3 is 5.97 Å². The molecule has 1 saturated heterocycles. The van der Waals surface area contributed by atoms with Crippen LogP contribution >= 0.6 is 23.2 Å². The third-order valence-corrected chi connectivity index (χ3v) is 4.75. The molecule has 0 spiro atoms. The van der Waals surface area contributed by atoms with Crippen LogP contribution in [0.4, 0.5) is 0 Å². The number of carbonyl (C=O) groups is 1. The van der Waals surface area contributed by atoms with Crippen molar-refractivity contribution in [3.63, 3.8) is 0 Å². The van der Waals surface area contributed by atoms with E-state index in [9.17, 15) is 9.90 Å². The molecule has 3 nitrogen and oxygen atoms in total. The van der Waals surface area contributed by atoms with Gasteiger partial charge in [-0.05, 0) is 48.2 Å². The van der Waals surface area contributed by atoms with Crippen molar-refractivity contribution in [1.29, 1.82) is 0 Å². The monoisotopic (exact) mass is 349 g/mol. The van der Waals surface area contributed by atoms with Crippen LogP contribution in [0.15, 0.2) is 48.5 Å². The summed E-state index contributed by atoms with van der Waals surface area (Å²) >= 11 is 12.1. The van der Waals surface area contributed by atoms with E-state index in [-0.39, 0.29) is 6.04 Å². The van der Waals surface area contributed by atoms with Crippen LogP contribution < -0.4 is 0 Å². The molecule has 120 valence electrons. The average molecular weight is 350 g/mol. The quantitative estimate of drug-likeness (QED) is 0.874. The molecule has 0 aromatic heterocycles. The standard InChI is InChI=1S/C18H17Cl2NO2/c19-14-8-6-12(7-9-14)17(13-3-1-4-15(20)11-13)21-10-2-5-16(21)18(22)23/h1,3-4,6-9,11,16-17H,2,5,10H2,(H,22,23). The van der Waals surface area contributed by atoms with E-state index in [4.69, 9.17) is 23.2 Å². The first-order chi connectivity index (χ1) is 11.1. The normalized spacial score (nSPS) is 19.7. The Hall–Kier alpha value is -1.55. The summed E-state index contributed by atoms with van der Waals surface area (Å²) in [5, 5.41) is 10.8. The van der Waals surface area contributed by atoms with Crippen molar-refractivity contribution in [2.24, 2.45) is 0 Å². The zero-order valence-electron chi connectivity index (χ0n) is 12.5. The Labute approximate surface area is 145 Å². The van der Waals surface area contributed by atoms with Gasteiger partial charge in [-0.3, -0.25) is 9.69 Å². The largest absolute Gasteiger partial charge is 0.480 e. The van der Waals surface area contributed by atoms with Gasteiger partial charge < -0.3 is 5.11 Å². The van der Waals surface area contributed by atoms with Crippen molar-refractivity contribution in [2.75, 3.05) is 6.54 Å². The van der Waals surface area contributed by atoms with Crippen LogP contribution in [0.3, 0.4) is 0 Å². The fraction of sp³-hybridized carbons (Fsp3) is 0.278. The molecule has 0 amide bonds. The maximum atomic E-state index is 11.6. The molecule has 3 rings (SSSR count). The number of halogens is 2. The van der Waals surface area contributed by atoms with E-state index in [1.54, 1.807) is 0 Å². The summed E-state index contributed by atoms with van der Waals surface area (Å²) < 4.78 is 0. The molecular weight excluding hydrogens is 333 g/mol. The van der Waals surface area contributed by atoms with Crippen LogP contribution in [-0.4, -0.2) is 28.6 Å². The van der Waals surface area contributed by atoms with Crippen LogP contribution in [-0.2, 0) is 4.79 Å². The lowest BCUT2D eigenvalue weighted by Gasteiger charge is -2.32. The summed E-state index contributed by atoms with van der Waals surface area (Å²) in [6.07, 6.45) is 1.54. The molecule has 1 heterocycles. The molecule has 1 aliphatic heterocycles. The van der Waals surface area contributed by atoms with Gasteiger partial charge in [0.25, 0.3) is 0 Å². The molecule has 2 atom stereocenters. The van der Waals surface area contributed by atoms with E-state index in [0.717, 1.165) is 24.1 Å². The highest BCUT2D eigenvalue weighted by Gasteiger charge is 2.36. The van der Waals surface area contributed by atoms with E-state index < -0.39 is 12.0 Å². The molecule has 2 aromatic carbocycles. The number of carboxylic acid groups (broad SMARTS) is 1. The number of aliphatic carboxylic acids is 1. The minimum Gasteiger partial charge on any atom is -0.480 e. The molecule has 2 aromatic rings.